The van der Waals surface area contributed by atoms with Gasteiger partial charge in [-0.3, -0.25) is 0 Å². The zero-order chi connectivity index (χ0) is 12.3. The fourth-order valence-electron chi connectivity index (χ4n) is 2.79. The summed E-state index contributed by atoms with van der Waals surface area (Å²) >= 11 is 3.88. The Hall–Kier alpha value is -0.500. The number of benzene rings is 1. The standard InChI is InChI=1S/C15H21BrO/c1-3-5-15(16)13-7-4-6-11-8-9-12(17-2)10-14(11)13/h8-10,13,15H,3-7H2,1-2H3. The molecule has 0 fully saturated rings. The Morgan fingerprint density at radius 2 is 2.29 bits per heavy atom. The van der Waals surface area contributed by atoms with Crippen molar-refractivity contribution in [1.29, 1.82) is 0 Å². The monoisotopic (exact) mass is 296 g/mol. The minimum atomic E-state index is 0.610. The molecule has 0 spiro atoms. The van der Waals surface area contributed by atoms with Crippen LogP contribution in [-0.4, -0.2) is 11.9 Å². The van der Waals surface area contributed by atoms with Crippen LogP contribution in [0.5, 0.6) is 5.75 Å². The van der Waals surface area contributed by atoms with E-state index in [-0.39, 0.29) is 0 Å². The summed E-state index contributed by atoms with van der Waals surface area (Å²) in [6.07, 6.45) is 6.33. The van der Waals surface area contributed by atoms with Crippen LogP contribution in [0.25, 0.3) is 0 Å². The molecule has 2 atom stereocenters. The van der Waals surface area contributed by atoms with Gasteiger partial charge in [-0.15, -0.1) is 0 Å². The maximum absolute atomic E-state index is 5.35. The molecule has 1 nitrogen and oxygen atoms in total. The van der Waals surface area contributed by atoms with Gasteiger partial charge in [0.05, 0.1) is 7.11 Å². The van der Waals surface area contributed by atoms with Crippen LogP contribution in [0.2, 0.25) is 0 Å². The fraction of sp³-hybridized carbons (Fsp3) is 0.600. The van der Waals surface area contributed by atoms with Gasteiger partial charge in [-0.25, -0.2) is 0 Å². The summed E-state index contributed by atoms with van der Waals surface area (Å²) in [4.78, 5) is 0.610. The van der Waals surface area contributed by atoms with Gasteiger partial charge in [-0.1, -0.05) is 35.3 Å². The molecular formula is C15H21BrO. The van der Waals surface area contributed by atoms with E-state index in [1.165, 1.54) is 43.2 Å². The second-order valence-electron chi connectivity index (χ2n) is 4.87. The van der Waals surface area contributed by atoms with Gasteiger partial charge >= 0.3 is 0 Å². The molecule has 0 saturated heterocycles. The molecule has 17 heavy (non-hydrogen) atoms. The van der Waals surface area contributed by atoms with Crippen molar-refractivity contribution < 1.29 is 4.74 Å². The molecule has 0 bridgehead atoms. The lowest BCUT2D eigenvalue weighted by molar-refractivity contribution is 0.411. The summed E-state index contributed by atoms with van der Waals surface area (Å²) in [5.41, 5.74) is 3.02. The predicted molar refractivity (Wildman–Crippen MR) is 76.3 cm³/mol. The van der Waals surface area contributed by atoms with Crippen molar-refractivity contribution in [2.24, 2.45) is 0 Å². The average molecular weight is 297 g/mol. The van der Waals surface area contributed by atoms with E-state index in [9.17, 15) is 0 Å². The highest BCUT2D eigenvalue weighted by Gasteiger charge is 2.26. The minimum absolute atomic E-state index is 0.610. The van der Waals surface area contributed by atoms with Gasteiger partial charge in [0.2, 0.25) is 0 Å². The largest absolute Gasteiger partial charge is 0.497 e. The highest BCUT2D eigenvalue weighted by atomic mass is 79.9. The van der Waals surface area contributed by atoms with Crippen LogP contribution in [0.4, 0.5) is 0 Å². The lowest BCUT2D eigenvalue weighted by Gasteiger charge is -2.29. The first-order chi connectivity index (χ1) is 8.26. The van der Waals surface area contributed by atoms with Gasteiger partial charge in [0, 0.05) is 4.83 Å². The van der Waals surface area contributed by atoms with Crippen molar-refractivity contribution in [2.75, 3.05) is 7.11 Å². The highest BCUT2D eigenvalue weighted by molar-refractivity contribution is 9.09. The third-order valence-electron chi connectivity index (χ3n) is 3.71. The average Bonchev–Trinajstić information content (AvgIpc) is 2.37. The summed E-state index contributed by atoms with van der Waals surface area (Å²) in [7, 11) is 1.75. The number of halogens is 1. The van der Waals surface area contributed by atoms with E-state index in [0.29, 0.717) is 10.7 Å². The number of alkyl halides is 1. The second kappa shape index (κ2) is 5.90. The molecule has 2 rings (SSSR count). The Morgan fingerprint density at radius 3 is 3.00 bits per heavy atom. The molecule has 0 aliphatic heterocycles. The fourth-order valence-corrected chi connectivity index (χ4v) is 3.80. The number of hydrogen-bond donors (Lipinski definition) is 0. The molecule has 0 heterocycles. The van der Waals surface area contributed by atoms with E-state index < -0.39 is 0 Å². The summed E-state index contributed by atoms with van der Waals surface area (Å²) < 4.78 is 5.35. The Kier molecular flexibility index (Phi) is 4.49. The van der Waals surface area contributed by atoms with Gasteiger partial charge in [0.25, 0.3) is 0 Å². The third kappa shape index (κ3) is 2.85. The molecule has 1 aromatic rings. The normalized spacial score (nSPS) is 20.8. The number of hydrogen-bond acceptors (Lipinski definition) is 1. The van der Waals surface area contributed by atoms with Crippen molar-refractivity contribution in [3.63, 3.8) is 0 Å². The number of aryl methyl sites for hydroxylation is 1. The Balaban J connectivity index is 2.28. The van der Waals surface area contributed by atoms with Gasteiger partial charge in [-0.05, 0) is 54.9 Å². The van der Waals surface area contributed by atoms with Crippen molar-refractivity contribution in [3.8, 4) is 5.75 Å². The van der Waals surface area contributed by atoms with Crippen LogP contribution in [-0.2, 0) is 6.42 Å². The summed E-state index contributed by atoms with van der Waals surface area (Å²) in [5.74, 6) is 1.65. The number of methoxy groups -OCH3 is 1. The molecule has 0 saturated carbocycles. The van der Waals surface area contributed by atoms with Crippen LogP contribution >= 0.6 is 15.9 Å². The molecule has 1 aromatic carbocycles. The number of rotatable bonds is 4. The molecule has 0 amide bonds. The molecular weight excluding hydrogens is 276 g/mol. The maximum atomic E-state index is 5.35. The number of fused-ring (bicyclic) bond motifs is 1. The van der Waals surface area contributed by atoms with Crippen molar-refractivity contribution in [2.45, 2.75) is 49.8 Å². The second-order valence-corrected chi connectivity index (χ2v) is 6.04. The molecule has 1 aliphatic carbocycles. The van der Waals surface area contributed by atoms with E-state index >= 15 is 0 Å². The van der Waals surface area contributed by atoms with E-state index in [2.05, 4.69) is 41.1 Å². The summed E-state index contributed by atoms with van der Waals surface area (Å²) in [6, 6.07) is 6.57. The molecule has 94 valence electrons. The van der Waals surface area contributed by atoms with Crippen LogP contribution in [0.1, 0.15) is 49.7 Å². The minimum Gasteiger partial charge on any atom is -0.497 e. The van der Waals surface area contributed by atoms with Crippen molar-refractivity contribution >= 4 is 15.9 Å². The van der Waals surface area contributed by atoms with Gasteiger partial charge in [-0.2, -0.15) is 0 Å². The summed E-state index contributed by atoms with van der Waals surface area (Å²) in [5, 5.41) is 0. The number of ether oxygens (including phenoxy) is 1. The van der Waals surface area contributed by atoms with Crippen molar-refractivity contribution in [3.05, 3.63) is 29.3 Å². The first-order valence-corrected chi connectivity index (χ1v) is 7.48. The predicted octanol–water partition coefficient (Wildman–Crippen LogP) is 4.68. The first kappa shape index (κ1) is 12.9. The zero-order valence-corrected chi connectivity index (χ0v) is 12.3. The Morgan fingerprint density at radius 1 is 1.47 bits per heavy atom. The highest BCUT2D eigenvalue weighted by Crippen LogP contribution is 2.39. The molecule has 1 aliphatic rings. The van der Waals surface area contributed by atoms with Crippen LogP contribution in [0.3, 0.4) is 0 Å². The van der Waals surface area contributed by atoms with Crippen LogP contribution in [0.15, 0.2) is 18.2 Å². The SMILES string of the molecule is CCCC(Br)C1CCCc2ccc(OC)cc21. The first-order valence-electron chi connectivity index (χ1n) is 6.57. The Labute approximate surface area is 113 Å². The van der Waals surface area contributed by atoms with E-state index in [4.69, 9.17) is 4.74 Å². The third-order valence-corrected chi connectivity index (χ3v) is 4.81. The molecule has 2 heteroatoms. The summed E-state index contributed by atoms with van der Waals surface area (Å²) in [6.45, 7) is 2.25. The van der Waals surface area contributed by atoms with Gasteiger partial charge < -0.3 is 4.74 Å². The van der Waals surface area contributed by atoms with Gasteiger partial charge in [0.15, 0.2) is 0 Å². The topological polar surface area (TPSA) is 9.23 Å². The van der Waals surface area contributed by atoms with E-state index in [1.54, 1.807) is 7.11 Å². The molecule has 0 N–H and O–H groups in total. The van der Waals surface area contributed by atoms with E-state index in [0.717, 1.165) is 5.75 Å². The smallest absolute Gasteiger partial charge is 0.119 e. The zero-order valence-electron chi connectivity index (χ0n) is 10.7. The maximum Gasteiger partial charge on any atom is 0.119 e. The molecule has 2 unspecified atom stereocenters. The Bertz CT molecular complexity index is 375. The van der Waals surface area contributed by atoms with Crippen molar-refractivity contribution in [1.82, 2.24) is 0 Å². The van der Waals surface area contributed by atoms with Gasteiger partial charge in [0.1, 0.15) is 5.75 Å². The molecule has 0 radical (unpaired) electrons. The lowest BCUT2D eigenvalue weighted by atomic mass is 9.80. The quantitative estimate of drug-likeness (QED) is 0.733. The molecule has 0 aromatic heterocycles. The van der Waals surface area contributed by atoms with Crippen LogP contribution < -0.4 is 4.74 Å². The lowest BCUT2D eigenvalue weighted by Crippen LogP contribution is -2.18. The van der Waals surface area contributed by atoms with Crippen LogP contribution in [0, 0.1) is 0 Å². The van der Waals surface area contributed by atoms with E-state index in [1.807, 2.05) is 0 Å².